The highest BCUT2D eigenvalue weighted by Gasteiger charge is 2.04. The van der Waals surface area contributed by atoms with E-state index in [0.29, 0.717) is 5.49 Å². The van der Waals surface area contributed by atoms with Crippen LogP contribution in [0.4, 0.5) is 0 Å². The highest BCUT2D eigenvalue weighted by Crippen LogP contribution is 2.27. The van der Waals surface area contributed by atoms with Gasteiger partial charge in [-0.15, -0.1) is 0 Å². The van der Waals surface area contributed by atoms with Gasteiger partial charge in [0.25, 0.3) is 0 Å². The van der Waals surface area contributed by atoms with Gasteiger partial charge in [0.1, 0.15) is 5.49 Å². The van der Waals surface area contributed by atoms with Gasteiger partial charge in [-0.05, 0) is 41.8 Å². The van der Waals surface area contributed by atoms with Crippen LogP contribution in [0.2, 0.25) is 0 Å². The second kappa shape index (κ2) is 4.26. The molecule has 0 amide bonds. The molecule has 0 atom stereocenters. The first kappa shape index (κ1) is 11.1. The van der Waals surface area contributed by atoms with E-state index in [0.717, 1.165) is 10.0 Å². The summed E-state index contributed by atoms with van der Waals surface area (Å²) in [6.45, 7) is 2.08. The monoisotopic (exact) mass is 276 g/mol. The van der Waals surface area contributed by atoms with Crippen molar-refractivity contribution < 1.29 is 0 Å². The smallest absolute Gasteiger partial charge is 0.124 e. The number of nitrogens with one attached hydrogen (secondary N) is 1. The number of aryl methyl sites for hydroxylation is 1. The van der Waals surface area contributed by atoms with Crippen LogP contribution in [0.15, 0.2) is 41.0 Å². The van der Waals surface area contributed by atoms with Crippen LogP contribution in [0.1, 0.15) is 5.56 Å². The number of rotatable bonds is 1. The molecule has 0 saturated heterocycles. The number of halogens is 1. The lowest BCUT2D eigenvalue weighted by molar-refractivity contribution is 0.818. The van der Waals surface area contributed by atoms with Crippen molar-refractivity contribution in [3.63, 3.8) is 0 Å². The predicted octanol–water partition coefficient (Wildman–Crippen LogP) is 3.24. The number of nitrogens with zero attached hydrogens (tertiary/aromatic N) is 1. The molecule has 0 aliphatic rings. The maximum Gasteiger partial charge on any atom is 0.124 e. The molecule has 2 nitrogen and oxygen atoms in total. The summed E-state index contributed by atoms with van der Waals surface area (Å²) < 4.78 is 2.89. The fourth-order valence-corrected chi connectivity index (χ4v) is 2.02. The Morgan fingerprint density at radius 2 is 2.00 bits per heavy atom. The Hall–Kier alpha value is -1.35. The van der Waals surface area contributed by atoms with Crippen LogP contribution in [0.5, 0.6) is 0 Å². The molecule has 2 aromatic rings. The second-order valence-electron chi connectivity index (χ2n) is 3.82. The van der Waals surface area contributed by atoms with E-state index in [1.165, 1.54) is 11.1 Å². The van der Waals surface area contributed by atoms with Gasteiger partial charge in [0.05, 0.1) is 0 Å². The van der Waals surface area contributed by atoms with Crippen LogP contribution in [-0.2, 0) is 7.05 Å². The van der Waals surface area contributed by atoms with E-state index in [-0.39, 0.29) is 0 Å². The zero-order valence-corrected chi connectivity index (χ0v) is 10.9. The summed E-state index contributed by atoms with van der Waals surface area (Å²) in [4.78, 5) is 0. The predicted molar refractivity (Wildman–Crippen MR) is 69.1 cm³/mol. The molecule has 0 spiro atoms. The SMILES string of the molecule is Cc1c(Br)cccc1-c1ccn(C)c(=N)c1. The molecule has 0 aliphatic carbocycles. The summed E-state index contributed by atoms with van der Waals surface area (Å²) in [6, 6.07) is 10.0. The third-order valence-electron chi connectivity index (χ3n) is 2.73. The van der Waals surface area contributed by atoms with Crippen LogP contribution in [0, 0.1) is 12.3 Å². The van der Waals surface area contributed by atoms with Gasteiger partial charge < -0.3 is 4.57 Å². The van der Waals surface area contributed by atoms with E-state index < -0.39 is 0 Å². The standard InChI is InChI=1S/C13H13BrN2/c1-9-11(4-3-5-12(9)14)10-6-7-16(2)13(15)8-10/h3-8,15H,1-2H3. The van der Waals surface area contributed by atoms with Crippen LogP contribution in [0.25, 0.3) is 11.1 Å². The van der Waals surface area contributed by atoms with Crippen LogP contribution < -0.4 is 5.49 Å². The highest BCUT2D eigenvalue weighted by atomic mass is 79.9. The summed E-state index contributed by atoms with van der Waals surface area (Å²) in [5, 5.41) is 7.79. The van der Waals surface area contributed by atoms with E-state index >= 15 is 0 Å². The van der Waals surface area contributed by atoms with Crippen molar-refractivity contribution >= 4 is 15.9 Å². The minimum atomic E-state index is 0.511. The molecule has 0 unspecified atom stereocenters. The quantitative estimate of drug-likeness (QED) is 0.829. The van der Waals surface area contributed by atoms with Crippen molar-refractivity contribution in [1.82, 2.24) is 4.57 Å². The van der Waals surface area contributed by atoms with Crippen LogP contribution in [-0.4, -0.2) is 4.57 Å². The number of pyridine rings is 1. The molecule has 0 radical (unpaired) electrons. The normalized spacial score (nSPS) is 10.4. The van der Waals surface area contributed by atoms with Crippen molar-refractivity contribution in [2.75, 3.05) is 0 Å². The lowest BCUT2D eigenvalue weighted by Crippen LogP contribution is -2.14. The Balaban J connectivity index is 2.63. The molecular formula is C13H13BrN2. The average Bonchev–Trinajstić information content (AvgIpc) is 2.26. The molecule has 1 N–H and O–H groups in total. The number of hydrogen-bond acceptors (Lipinski definition) is 1. The number of hydrogen-bond donors (Lipinski definition) is 1. The molecular weight excluding hydrogens is 264 g/mol. The van der Waals surface area contributed by atoms with Crippen LogP contribution in [0.3, 0.4) is 0 Å². The van der Waals surface area contributed by atoms with E-state index in [1.807, 2.05) is 37.5 Å². The molecule has 82 valence electrons. The molecule has 0 bridgehead atoms. The summed E-state index contributed by atoms with van der Waals surface area (Å²) in [7, 11) is 1.87. The van der Waals surface area contributed by atoms with Gasteiger partial charge in [-0.2, -0.15) is 0 Å². The van der Waals surface area contributed by atoms with Crippen molar-refractivity contribution in [2.24, 2.45) is 7.05 Å². The third kappa shape index (κ3) is 1.95. The van der Waals surface area contributed by atoms with Crippen molar-refractivity contribution in [3.8, 4) is 11.1 Å². The molecule has 1 aromatic carbocycles. The lowest BCUT2D eigenvalue weighted by Gasteiger charge is -2.08. The first-order valence-corrected chi connectivity index (χ1v) is 5.85. The largest absolute Gasteiger partial charge is 0.337 e. The molecule has 2 rings (SSSR count). The van der Waals surface area contributed by atoms with Gasteiger partial charge >= 0.3 is 0 Å². The van der Waals surface area contributed by atoms with Gasteiger partial charge in [0.2, 0.25) is 0 Å². The van der Waals surface area contributed by atoms with E-state index in [2.05, 4.69) is 28.9 Å². The molecule has 0 saturated carbocycles. The fraction of sp³-hybridized carbons (Fsp3) is 0.154. The van der Waals surface area contributed by atoms with Crippen molar-refractivity contribution in [2.45, 2.75) is 6.92 Å². The van der Waals surface area contributed by atoms with Crippen molar-refractivity contribution in [1.29, 1.82) is 5.41 Å². The minimum Gasteiger partial charge on any atom is -0.337 e. The Morgan fingerprint density at radius 3 is 2.69 bits per heavy atom. The number of aromatic nitrogens is 1. The maximum atomic E-state index is 7.79. The van der Waals surface area contributed by atoms with Gasteiger partial charge in [-0.1, -0.05) is 28.1 Å². The zero-order valence-electron chi connectivity index (χ0n) is 9.29. The molecule has 16 heavy (non-hydrogen) atoms. The van der Waals surface area contributed by atoms with Crippen LogP contribution >= 0.6 is 15.9 Å². The Labute approximate surface area is 103 Å². The summed E-state index contributed by atoms with van der Waals surface area (Å²) in [5.74, 6) is 0. The summed E-state index contributed by atoms with van der Waals surface area (Å²) >= 11 is 3.52. The summed E-state index contributed by atoms with van der Waals surface area (Å²) in [6.07, 6.45) is 1.91. The minimum absolute atomic E-state index is 0.511. The van der Waals surface area contributed by atoms with E-state index in [1.54, 1.807) is 4.57 Å². The van der Waals surface area contributed by atoms with Gasteiger partial charge in [-0.3, -0.25) is 5.41 Å². The van der Waals surface area contributed by atoms with Gasteiger partial charge in [0, 0.05) is 17.7 Å². The maximum absolute atomic E-state index is 7.79. The van der Waals surface area contributed by atoms with Gasteiger partial charge in [-0.25, -0.2) is 0 Å². The highest BCUT2D eigenvalue weighted by molar-refractivity contribution is 9.10. The first-order chi connectivity index (χ1) is 7.59. The lowest BCUT2D eigenvalue weighted by atomic mass is 10.0. The average molecular weight is 277 g/mol. The van der Waals surface area contributed by atoms with Crippen molar-refractivity contribution in [3.05, 3.63) is 52.1 Å². The zero-order chi connectivity index (χ0) is 11.7. The topological polar surface area (TPSA) is 28.8 Å². The molecule has 3 heteroatoms. The number of benzene rings is 1. The van der Waals surface area contributed by atoms with E-state index in [9.17, 15) is 0 Å². The molecule has 1 aromatic heterocycles. The van der Waals surface area contributed by atoms with E-state index in [4.69, 9.17) is 5.41 Å². The molecule has 1 heterocycles. The van der Waals surface area contributed by atoms with Gasteiger partial charge in [0.15, 0.2) is 0 Å². The molecule has 0 aliphatic heterocycles. The Kier molecular flexibility index (Phi) is 2.97. The third-order valence-corrected chi connectivity index (χ3v) is 3.59. The summed E-state index contributed by atoms with van der Waals surface area (Å²) in [5.41, 5.74) is 3.97. The Bertz CT molecular complexity index is 585. The first-order valence-electron chi connectivity index (χ1n) is 5.06. The second-order valence-corrected chi connectivity index (χ2v) is 4.68. The Morgan fingerprint density at radius 1 is 1.25 bits per heavy atom. The molecule has 0 fully saturated rings. The fourth-order valence-electron chi connectivity index (χ4n) is 1.66.